The lowest BCUT2D eigenvalue weighted by molar-refractivity contribution is 0.0887. The number of benzene rings is 1. The van der Waals surface area contributed by atoms with Crippen molar-refractivity contribution in [1.29, 1.82) is 0 Å². The maximum Gasteiger partial charge on any atom is 0.253 e. The van der Waals surface area contributed by atoms with Crippen molar-refractivity contribution in [3.8, 4) is 0 Å². The normalized spacial score (nSPS) is 18.4. The molecule has 0 bridgehead atoms. The number of nitrogens with one attached hydrogen (secondary N) is 2. The number of hydrogen-bond acceptors (Lipinski definition) is 2. The highest BCUT2D eigenvalue weighted by Gasteiger charge is 2.29. The predicted octanol–water partition coefficient (Wildman–Crippen LogP) is 2.35. The zero-order valence-electron chi connectivity index (χ0n) is 10.2. The second kappa shape index (κ2) is 5.24. The first-order valence-corrected chi connectivity index (χ1v) is 6.36. The van der Waals surface area contributed by atoms with Crippen molar-refractivity contribution in [2.75, 3.05) is 13.1 Å². The number of rotatable bonds is 2. The lowest BCUT2D eigenvalue weighted by atomic mass is 9.90. The van der Waals surface area contributed by atoms with E-state index in [-0.39, 0.29) is 16.5 Å². The molecule has 1 fully saturated rings. The van der Waals surface area contributed by atoms with Crippen LogP contribution < -0.4 is 10.6 Å². The zero-order valence-corrected chi connectivity index (χ0v) is 11.0. The molecule has 1 amide bonds. The molecular weight excluding hydrogens is 255 g/mol. The van der Waals surface area contributed by atoms with Crippen LogP contribution in [0.1, 0.15) is 30.1 Å². The predicted molar refractivity (Wildman–Crippen MR) is 69.4 cm³/mol. The summed E-state index contributed by atoms with van der Waals surface area (Å²) in [6.45, 7) is 3.78. The van der Waals surface area contributed by atoms with Gasteiger partial charge in [-0.3, -0.25) is 4.79 Å². The van der Waals surface area contributed by atoms with Gasteiger partial charge in [-0.1, -0.05) is 11.6 Å². The van der Waals surface area contributed by atoms with Crippen LogP contribution in [0.5, 0.6) is 0 Å². The van der Waals surface area contributed by atoms with Gasteiger partial charge in [-0.05, 0) is 51.1 Å². The summed E-state index contributed by atoms with van der Waals surface area (Å²) in [5, 5.41) is 6.37. The third-order valence-corrected chi connectivity index (χ3v) is 3.61. The quantitative estimate of drug-likeness (QED) is 0.866. The molecule has 3 nitrogen and oxygen atoms in total. The van der Waals surface area contributed by atoms with Crippen molar-refractivity contribution in [2.24, 2.45) is 0 Å². The Morgan fingerprint density at radius 3 is 2.72 bits per heavy atom. The van der Waals surface area contributed by atoms with Crippen molar-refractivity contribution < 1.29 is 9.18 Å². The van der Waals surface area contributed by atoms with E-state index in [4.69, 9.17) is 11.6 Å². The molecule has 2 N–H and O–H groups in total. The average molecular weight is 271 g/mol. The molecule has 0 atom stereocenters. The molecule has 2 rings (SSSR count). The molecule has 0 radical (unpaired) electrons. The van der Waals surface area contributed by atoms with Crippen molar-refractivity contribution in [3.63, 3.8) is 0 Å². The Labute approximate surface area is 111 Å². The molecule has 1 heterocycles. The summed E-state index contributed by atoms with van der Waals surface area (Å²) in [6, 6.07) is 3.81. The van der Waals surface area contributed by atoms with Crippen molar-refractivity contribution in [1.82, 2.24) is 10.6 Å². The van der Waals surface area contributed by atoms with E-state index in [0.29, 0.717) is 5.56 Å². The van der Waals surface area contributed by atoms with Crippen LogP contribution in [0.3, 0.4) is 0 Å². The van der Waals surface area contributed by atoms with Gasteiger partial charge in [0, 0.05) is 5.54 Å². The Morgan fingerprint density at radius 1 is 1.44 bits per heavy atom. The number of carbonyl (C=O) groups is 1. The van der Waals surface area contributed by atoms with Crippen molar-refractivity contribution >= 4 is 17.5 Å². The molecule has 1 saturated heterocycles. The lowest BCUT2D eigenvalue weighted by Gasteiger charge is -2.35. The number of piperidine rings is 1. The number of hydrogen-bond donors (Lipinski definition) is 2. The molecular formula is C13H16ClFN2O. The smallest absolute Gasteiger partial charge is 0.253 e. The topological polar surface area (TPSA) is 41.1 Å². The van der Waals surface area contributed by atoms with E-state index in [1.54, 1.807) is 0 Å². The van der Waals surface area contributed by atoms with E-state index in [2.05, 4.69) is 10.6 Å². The maximum absolute atomic E-state index is 12.9. The number of amides is 1. The SMILES string of the molecule is CC1(NC(=O)c2ccc(F)cc2Cl)CCNCC1. The van der Waals surface area contributed by atoms with E-state index >= 15 is 0 Å². The highest BCUT2D eigenvalue weighted by atomic mass is 35.5. The first kappa shape index (κ1) is 13.3. The van der Waals surface area contributed by atoms with Crippen LogP contribution in [0.15, 0.2) is 18.2 Å². The van der Waals surface area contributed by atoms with Crippen LogP contribution in [-0.2, 0) is 0 Å². The van der Waals surface area contributed by atoms with Gasteiger partial charge in [0.05, 0.1) is 10.6 Å². The van der Waals surface area contributed by atoms with Gasteiger partial charge in [0.1, 0.15) is 5.82 Å². The Bertz CT molecular complexity index is 458. The summed E-state index contributed by atoms with van der Waals surface area (Å²) in [5.74, 6) is -0.686. The second-order valence-corrected chi connectivity index (χ2v) is 5.30. The standard InChI is InChI=1S/C13H16ClFN2O/c1-13(4-6-16-7-5-13)17-12(18)10-3-2-9(15)8-11(10)14/h2-3,8,16H,4-7H2,1H3,(H,17,18). The highest BCUT2D eigenvalue weighted by molar-refractivity contribution is 6.33. The van der Waals surface area contributed by atoms with E-state index in [1.165, 1.54) is 12.1 Å². The fraction of sp³-hybridized carbons (Fsp3) is 0.462. The molecule has 0 aliphatic carbocycles. The van der Waals surface area contributed by atoms with E-state index in [0.717, 1.165) is 32.0 Å². The first-order chi connectivity index (χ1) is 8.50. The van der Waals surface area contributed by atoms with Gasteiger partial charge >= 0.3 is 0 Å². The summed E-state index contributed by atoms with van der Waals surface area (Å²) in [4.78, 5) is 12.1. The fourth-order valence-corrected chi connectivity index (χ4v) is 2.37. The van der Waals surface area contributed by atoms with E-state index < -0.39 is 5.82 Å². The summed E-state index contributed by atoms with van der Waals surface area (Å²) in [5.41, 5.74) is 0.0953. The summed E-state index contributed by atoms with van der Waals surface area (Å²) < 4.78 is 12.9. The number of halogens is 2. The number of carbonyl (C=O) groups excluding carboxylic acids is 1. The van der Waals surface area contributed by atoms with Crippen LogP contribution >= 0.6 is 11.6 Å². The van der Waals surface area contributed by atoms with Gasteiger partial charge in [-0.2, -0.15) is 0 Å². The first-order valence-electron chi connectivity index (χ1n) is 5.98. The molecule has 1 aliphatic heterocycles. The third-order valence-electron chi connectivity index (χ3n) is 3.30. The largest absolute Gasteiger partial charge is 0.347 e. The van der Waals surface area contributed by atoms with Gasteiger partial charge in [0.15, 0.2) is 0 Å². The van der Waals surface area contributed by atoms with Gasteiger partial charge in [-0.15, -0.1) is 0 Å². The molecule has 1 aromatic rings. The molecule has 0 unspecified atom stereocenters. The van der Waals surface area contributed by atoms with Gasteiger partial charge < -0.3 is 10.6 Å². The fourth-order valence-electron chi connectivity index (χ4n) is 2.12. The average Bonchev–Trinajstić information content (AvgIpc) is 2.28. The van der Waals surface area contributed by atoms with Crippen LogP contribution in [0.25, 0.3) is 0 Å². The Balaban J connectivity index is 2.11. The minimum absolute atomic E-state index is 0.144. The third kappa shape index (κ3) is 3.00. The second-order valence-electron chi connectivity index (χ2n) is 4.89. The minimum atomic E-state index is -0.440. The van der Waals surface area contributed by atoms with Gasteiger partial charge in [-0.25, -0.2) is 4.39 Å². The Morgan fingerprint density at radius 2 is 2.11 bits per heavy atom. The van der Waals surface area contributed by atoms with Crippen LogP contribution in [0.2, 0.25) is 5.02 Å². The van der Waals surface area contributed by atoms with Crippen molar-refractivity contribution in [3.05, 3.63) is 34.6 Å². The molecule has 18 heavy (non-hydrogen) atoms. The minimum Gasteiger partial charge on any atom is -0.347 e. The van der Waals surface area contributed by atoms with E-state index in [9.17, 15) is 9.18 Å². The Hall–Kier alpha value is -1.13. The summed E-state index contributed by atoms with van der Waals surface area (Å²) in [6.07, 6.45) is 1.75. The molecule has 0 saturated carbocycles. The lowest BCUT2D eigenvalue weighted by Crippen LogP contribution is -2.52. The molecule has 1 aromatic carbocycles. The van der Waals surface area contributed by atoms with E-state index in [1.807, 2.05) is 6.92 Å². The highest BCUT2D eigenvalue weighted by Crippen LogP contribution is 2.21. The molecule has 98 valence electrons. The maximum atomic E-state index is 12.9. The van der Waals surface area contributed by atoms with Crippen LogP contribution in [0, 0.1) is 5.82 Å². The Kier molecular flexibility index (Phi) is 3.88. The van der Waals surface area contributed by atoms with Crippen LogP contribution in [0.4, 0.5) is 4.39 Å². The zero-order chi connectivity index (χ0) is 13.2. The molecule has 0 aromatic heterocycles. The molecule has 0 spiro atoms. The van der Waals surface area contributed by atoms with Crippen LogP contribution in [-0.4, -0.2) is 24.5 Å². The molecule has 1 aliphatic rings. The summed E-state index contributed by atoms with van der Waals surface area (Å²) in [7, 11) is 0. The summed E-state index contributed by atoms with van der Waals surface area (Å²) >= 11 is 5.87. The van der Waals surface area contributed by atoms with Crippen molar-refractivity contribution in [2.45, 2.75) is 25.3 Å². The van der Waals surface area contributed by atoms with Gasteiger partial charge in [0.25, 0.3) is 5.91 Å². The monoisotopic (exact) mass is 270 g/mol. The molecule has 5 heteroatoms. The van der Waals surface area contributed by atoms with Gasteiger partial charge in [0.2, 0.25) is 0 Å².